The quantitative estimate of drug-likeness (QED) is 0.403. The minimum absolute atomic E-state index is 0.125. The lowest BCUT2D eigenvalue weighted by Gasteiger charge is -2.04. The van der Waals surface area contributed by atoms with Gasteiger partial charge in [0.05, 0.1) is 17.6 Å². The van der Waals surface area contributed by atoms with Gasteiger partial charge < -0.3 is 14.5 Å². The number of carboxylic acids is 1. The van der Waals surface area contributed by atoms with Crippen LogP contribution < -0.4 is 5.56 Å². The summed E-state index contributed by atoms with van der Waals surface area (Å²) in [6.07, 6.45) is 1.49. The Balaban J connectivity index is 1.65. The molecule has 0 atom stereocenters. The van der Waals surface area contributed by atoms with E-state index in [2.05, 4.69) is 15.1 Å². The largest absolute Gasteiger partial charge is 0.475 e. The first-order valence-electron chi connectivity index (χ1n) is 8.01. The first-order chi connectivity index (χ1) is 13.0. The van der Waals surface area contributed by atoms with Crippen LogP contribution in [0.15, 0.2) is 57.0 Å². The van der Waals surface area contributed by atoms with Crippen molar-refractivity contribution in [3.63, 3.8) is 0 Å². The van der Waals surface area contributed by atoms with E-state index in [1.54, 1.807) is 10.7 Å². The summed E-state index contributed by atoms with van der Waals surface area (Å²) in [6.45, 7) is 1.99. The minimum atomic E-state index is -1.12. The summed E-state index contributed by atoms with van der Waals surface area (Å²) in [7, 11) is 0. The third kappa shape index (κ3) is 3.36. The van der Waals surface area contributed by atoms with E-state index in [0.29, 0.717) is 27.7 Å². The van der Waals surface area contributed by atoms with E-state index >= 15 is 0 Å². The zero-order chi connectivity index (χ0) is 19.0. The summed E-state index contributed by atoms with van der Waals surface area (Å²) in [6, 6.07) is 10.7. The standard InChI is InChI=1S/C18H14N4O4S/c1-10-2-4-11(5-3-10)22-15-13(8-19-22)16(23)21-18(20-15)27-9-12-6-7-14(26-12)17(24)25/h2-8H,9H2,1H3,(H,24,25)(H,20,21,23). The SMILES string of the molecule is Cc1ccc(-n2ncc3c(=O)[nH]c(SCc4ccc(C(=O)O)o4)nc32)cc1. The number of fused-ring (bicyclic) bond motifs is 1. The fourth-order valence-corrected chi connectivity index (χ4v) is 3.30. The molecule has 9 heteroatoms. The second-order valence-electron chi connectivity index (χ2n) is 5.86. The second kappa shape index (κ2) is 6.76. The van der Waals surface area contributed by atoms with Crippen LogP contribution in [0.25, 0.3) is 16.7 Å². The van der Waals surface area contributed by atoms with Crippen LogP contribution >= 0.6 is 11.8 Å². The van der Waals surface area contributed by atoms with Crippen molar-refractivity contribution >= 4 is 28.8 Å². The summed E-state index contributed by atoms with van der Waals surface area (Å²) < 4.78 is 6.83. The maximum absolute atomic E-state index is 12.3. The number of aryl methyl sites for hydroxylation is 1. The second-order valence-corrected chi connectivity index (χ2v) is 6.82. The average molecular weight is 382 g/mol. The number of aromatic carboxylic acids is 1. The number of carboxylic acid groups (broad SMARTS) is 1. The number of hydrogen-bond acceptors (Lipinski definition) is 6. The lowest BCUT2D eigenvalue weighted by atomic mass is 10.2. The van der Waals surface area contributed by atoms with Crippen LogP contribution in [0.1, 0.15) is 21.9 Å². The normalized spacial score (nSPS) is 11.1. The van der Waals surface area contributed by atoms with E-state index in [-0.39, 0.29) is 11.3 Å². The zero-order valence-corrected chi connectivity index (χ0v) is 15.0. The maximum Gasteiger partial charge on any atom is 0.371 e. The highest BCUT2D eigenvalue weighted by atomic mass is 32.2. The molecule has 0 radical (unpaired) electrons. The molecule has 8 nitrogen and oxygen atoms in total. The average Bonchev–Trinajstić information content (AvgIpc) is 3.28. The Morgan fingerprint density at radius 1 is 1.26 bits per heavy atom. The summed E-state index contributed by atoms with van der Waals surface area (Å²) in [5, 5.41) is 14.0. The number of nitrogens with one attached hydrogen (secondary N) is 1. The maximum atomic E-state index is 12.3. The van der Waals surface area contributed by atoms with Gasteiger partial charge >= 0.3 is 5.97 Å². The molecule has 136 valence electrons. The molecule has 0 aliphatic heterocycles. The van der Waals surface area contributed by atoms with Crippen molar-refractivity contribution in [2.24, 2.45) is 0 Å². The molecule has 4 aromatic rings. The molecular weight excluding hydrogens is 368 g/mol. The van der Waals surface area contributed by atoms with Crippen LogP contribution in [0.3, 0.4) is 0 Å². The molecular formula is C18H14N4O4S. The molecule has 0 unspecified atom stereocenters. The van der Waals surface area contributed by atoms with Crippen LogP contribution in [0.2, 0.25) is 0 Å². The molecule has 3 heterocycles. The monoisotopic (exact) mass is 382 g/mol. The Bertz CT molecular complexity index is 1190. The van der Waals surface area contributed by atoms with Crippen molar-refractivity contribution in [3.8, 4) is 5.69 Å². The number of furan rings is 1. The van der Waals surface area contributed by atoms with Crippen LogP contribution in [-0.4, -0.2) is 30.8 Å². The van der Waals surface area contributed by atoms with Gasteiger partial charge in [0.2, 0.25) is 5.76 Å². The number of thioether (sulfide) groups is 1. The van der Waals surface area contributed by atoms with E-state index in [9.17, 15) is 9.59 Å². The third-order valence-corrected chi connectivity index (χ3v) is 4.81. The fourth-order valence-electron chi connectivity index (χ4n) is 2.55. The number of hydrogen-bond donors (Lipinski definition) is 2. The molecule has 0 aliphatic rings. The van der Waals surface area contributed by atoms with Crippen molar-refractivity contribution in [2.75, 3.05) is 0 Å². The van der Waals surface area contributed by atoms with Gasteiger partial charge in [-0.25, -0.2) is 14.5 Å². The highest BCUT2D eigenvalue weighted by molar-refractivity contribution is 7.98. The number of carbonyl (C=O) groups is 1. The van der Waals surface area contributed by atoms with Crippen LogP contribution in [0.4, 0.5) is 0 Å². The summed E-state index contributed by atoms with van der Waals surface area (Å²) >= 11 is 1.24. The number of benzene rings is 1. The third-order valence-electron chi connectivity index (χ3n) is 3.92. The lowest BCUT2D eigenvalue weighted by Crippen LogP contribution is -2.09. The van der Waals surface area contributed by atoms with Gasteiger partial charge in [-0.3, -0.25) is 4.79 Å². The Morgan fingerprint density at radius 2 is 2.04 bits per heavy atom. The van der Waals surface area contributed by atoms with Crippen molar-refractivity contribution in [1.82, 2.24) is 19.7 Å². The molecule has 0 fully saturated rings. The molecule has 1 aromatic carbocycles. The molecule has 4 rings (SSSR count). The summed E-state index contributed by atoms with van der Waals surface area (Å²) in [4.78, 5) is 30.4. The molecule has 0 bridgehead atoms. The first kappa shape index (κ1) is 17.1. The molecule has 0 aliphatic carbocycles. The highest BCUT2D eigenvalue weighted by Gasteiger charge is 2.13. The van der Waals surface area contributed by atoms with E-state index in [1.165, 1.54) is 24.0 Å². The number of aromatic amines is 1. The molecule has 3 aromatic heterocycles. The molecule has 0 saturated carbocycles. The molecule has 27 heavy (non-hydrogen) atoms. The van der Waals surface area contributed by atoms with Crippen molar-refractivity contribution in [1.29, 1.82) is 0 Å². The van der Waals surface area contributed by atoms with Crippen LogP contribution in [0.5, 0.6) is 0 Å². The van der Waals surface area contributed by atoms with Gasteiger partial charge in [-0.1, -0.05) is 29.5 Å². The van der Waals surface area contributed by atoms with Gasteiger partial charge in [-0.05, 0) is 31.2 Å². The van der Waals surface area contributed by atoms with Crippen molar-refractivity contribution in [3.05, 3.63) is 70.0 Å². The smallest absolute Gasteiger partial charge is 0.371 e. The molecule has 0 saturated heterocycles. The predicted molar refractivity (Wildman–Crippen MR) is 99.5 cm³/mol. The Hall–Kier alpha value is -3.33. The number of nitrogens with zero attached hydrogens (tertiary/aromatic N) is 3. The van der Waals surface area contributed by atoms with E-state index < -0.39 is 5.97 Å². The predicted octanol–water partition coefficient (Wildman–Crippen LogP) is 3.00. The summed E-state index contributed by atoms with van der Waals surface area (Å²) in [5.41, 5.74) is 2.10. The Kier molecular flexibility index (Phi) is 4.28. The van der Waals surface area contributed by atoms with E-state index in [0.717, 1.165) is 11.3 Å². The summed E-state index contributed by atoms with van der Waals surface area (Å²) in [5.74, 6) is -0.436. The number of rotatable bonds is 5. The fraction of sp³-hybridized carbons (Fsp3) is 0.111. The Labute approximate surface area is 156 Å². The molecule has 2 N–H and O–H groups in total. The molecule has 0 amide bonds. The Morgan fingerprint density at radius 3 is 2.74 bits per heavy atom. The van der Waals surface area contributed by atoms with Crippen molar-refractivity contribution < 1.29 is 14.3 Å². The number of H-pyrrole nitrogens is 1. The van der Waals surface area contributed by atoms with Crippen molar-refractivity contribution in [2.45, 2.75) is 17.8 Å². The highest BCUT2D eigenvalue weighted by Crippen LogP contribution is 2.22. The number of aromatic nitrogens is 4. The van der Waals surface area contributed by atoms with Gasteiger partial charge in [0.25, 0.3) is 5.56 Å². The van der Waals surface area contributed by atoms with Gasteiger partial charge in [0.1, 0.15) is 11.1 Å². The van der Waals surface area contributed by atoms with Gasteiger partial charge in [-0.2, -0.15) is 5.10 Å². The first-order valence-corrected chi connectivity index (χ1v) is 9.00. The van der Waals surface area contributed by atoms with E-state index in [1.807, 2.05) is 31.2 Å². The van der Waals surface area contributed by atoms with Gasteiger partial charge in [0.15, 0.2) is 10.8 Å². The van der Waals surface area contributed by atoms with Crippen LogP contribution in [0, 0.1) is 6.92 Å². The van der Waals surface area contributed by atoms with E-state index in [4.69, 9.17) is 9.52 Å². The van der Waals surface area contributed by atoms with Crippen LogP contribution in [-0.2, 0) is 5.75 Å². The molecule has 0 spiro atoms. The van der Waals surface area contributed by atoms with Gasteiger partial charge in [0, 0.05) is 0 Å². The minimum Gasteiger partial charge on any atom is -0.475 e. The lowest BCUT2D eigenvalue weighted by molar-refractivity contribution is 0.0661. The topological polar surface area (TPSA) is 114 Å². The zero-order valence-electron chi connectivity index (χ0n) is 14.2. The van der Waals surface area contributed by atoms with Gasteiger partial charge in [-0.15, -0.1) is 0 Å².